The van der Waals surface area contributed by atoms with E-state index in [1.165, 1.54) is 27.7 Å². The Kier molecular flexibility index (Phi) is 4.21. The first-order valence-electron chi connectivity index (χ1n) is 8.39. The molecule has 2 aromatic carbocycles. The Bertz CT molecular complexity index is 867. The van der Waals surface area contributed by atoms with Crippen molar-refractivity contribution >= 4 is 22.5 Å². The molecule has 0 unspecified atom stereocenters. The predicted molar refractivity (Wildman–Crippen MR) is 99.1 cm³/mol. The van der Waals surface area contributed by atoms with Gasteiger partial charge in [0.05, 0.1) is 7.11 Å². The summed E-state index contributed by atoms with van der Waals surface area (Å²) in [5.74, 6) is 0.906. The number of nitrogens with one attached hydrogen (secondary N) is 1. The molecule has 124 valence electrons. The van der Waals surface area contributed by atoms with Gasteiger partial charge in [0.15, 0.2) is 0 Å². The standard InChI is InChI=1S/C20H21ClN2O/c1-24-16-5-2-14(3-6-16)9-11-23-19-7-4-15(21)12-17(19)18-13-22-10-8-20(18)23/h2-7,12,22H,8-11,13H2,1H3. The second-order valence-corrected chi connectivity index (χ2v) is 6.70. The van der Waals surface area contributed by atoms with Gasteiger partial charge in [-0.1, -0.05) is 23.7 Å². The van der Waals surface area contributed by atoms with Crippen LogP contribution in [0, 0.1) is 0 Å². The fourth-order valence-electron chi connectivity index (χ4n) is 3.64. The molecule has 1 aromatic heterocycles. The summed E-state index contributed by atoms with van der Waals surface area (Å²) < 4.78 is 7.72. The molecule has 3 nitrogen and oxygen atoms in total. The molecule has 4 rings (SSSR count). The average Bonchev–Trinajstić information content (AvgIpc) is 2.93. The van der Waals surface area contributed by atoms with Gasteiger partial charge in [0.25, 0.3) is 0 Å². The lowest BCUT2D eigenvalue weighted by Gasteiger charge is -2.17. The van der Waals surface area contributed by atoms with E-state index in [0.717, 1.165) is 43.2 Å². The van der Waals surface area contributed by atoms with E-state index in [1.807, 2.05) is 18.2 Å². The van der Waals surface area contributed by atoms with E-state index < -0.39 is 0 Å². The van der Waals surface area contributed by atoms with Crippen LogP contribution in [0.4, 0.5) is 0 Å². The van der Waals surface area contributed by atoms with Crippen molar-refractivity contribution in [1.82, 2.24) is 9.88 Å². The molecule has 0 spiro atoms. The molecule has 4 heteroatoms. The summed E-state index contributed by atoms with van der Waals surface area (Å²) in [4.78, 5) is 0. The van der Waals surface area contributed by atoms with Crippen LogP contribution in [0.1, 0.15) is 16.8 Å². The Morgan fingerprint density at radius 1 is 1.17 bits per heavy atom. The van der Waals surface area contributed by atoms with Gasteiger partial charge >= 0.3 is 0 Å². The molecule has 2 heterocycles. The summed E-state index contributed by atoms with van der Waals surface area (Å²) >= 11 is 6.23. The minimum atomic E-state index is 0.808. The zero-order chi connectivity index (χ0) is 16.5. The van der Waals surface area contributed by atoms with Crippen molar-refractivity contribution in [3.63, 3.8) is 0 Å². The van der Waals surface area contributed by atoms with Crippen molar-refractivity contribution in [1.29, 1.82) is 0 Å². The highest BCUT2D eigenvalue weighted by atomic mass is 35.5. The highest BCUT2D eigenvalue weighted by Crippen LogP contribution is 2.31. The molecule has 0 bridgehead atoms. The number of nitrogens with zero attached hydrogens (tertiary/aromatic N) is 1. The lowest BCUT2D eigenvalue weighted by Crippen LogP contribution is -2.24. The van der Waals surface area contributed by atoms with Crippen LogP contribution in [0.3, 0.4) is 0 Å². The summed E-state index contributed by atoms with van der Waals surface area (Å²) in [7, 11) is 1.70. The van der Waals surface area contributed by atoms with Crippen LogP contribution in [0.5, 0.6) is 5.75 Å². The fourth-order valence-corrected chi connectivity index (χ4v) is 3.81. The highest BCUT2D eigenvalue weighted by Gasteiger charge is 2.19. The van der Waals surface area contributed by atoms with Crippen LogP contribution >= 0.6 is 11.6 Å². The maximum absolute atomic E-state index is 6.23. The van der Waals surface area contributed by atoms with E-state index in [9.17, 15) is 0 Å². The first-order valence-corrected chi connectivity index (χ1v) is 8.77. The summed E-state index contributed by atoms with van der Waals surface area (Å²) in [6, 6.07) is 14.6. The summed E-state index contributed by atoms with van der Waals surface area (Å²) in [6.45, 7) is 2.96. The normalized spacial score (nSPS) is 13.9. The molecule has 1 aliphatic rings. The van der Waals surface area contributed by atoms with E-state index in [0.29, 0.717) is 0 Å². The van der Waals surface area contributed by atoms with E-state index >= 15 is 0 Å². The Hall–Kier alpha value is -1.97. The topological polar surface area (TPSA) is 26.2 Å². The Morgan fingerprint density at radius 3 is 2.79 bits per heavy atom. The maximum atomic E-state index is 6.23. The fraction of sp³-hybridized carbons (Fsp3) is 0.300. The number of methoxy groups -OCH3 is 1. The molecule has 1 aliphatic heterocycles. The molecule has 24 heavy (non-hydrogen) atoms. The predicted octanol–water partition coefficient (Wildman–Crippen LogP) is 4.19. The first-order chi connectivity index (χ1) is 11.8. The number of aryl methyl sites for hydroxylation is 2. The third-order valence-electron chi connectivity index (χ3n) is 4.87. The Labute approximate surface area is 147 Å². The van der Waals surface area contributed by atoms with Gasteiger partial charge in [-0.25, -0.2) is 0 Å². The molecule has 0 radical (unpaired) electrons. The molecule has 0 aliphatic carbocycles. The Balaban J connectivity index is 1.67. The summed E-state index contributed by atoms with van der Waals surface area (Å²) in [5, 5.41) is 5.58. The zero-order valence-electron chi connectivity index (χ0n) is 13.8. The number of ether oxygens (including phenoxy) is 1. The molecule has 0 atom stereocenters. The van der Waals surface area contributed by atoms with Crippen molar-refractivity contribution in [2.24, 2.45) is 0 Å². The lowest BCUT2D eigenvalue weighted by atomic mass is 10.1. The first kappa shape index (κ1) is 15.6. The molecule has 0 fully saturated rings. The molecule has 0 saturated carbocycles. The van der Waals surface area contributed by atoms with Crippen molar-refractivity contribution in [3.05, 3.63) is 64.3 Å². The van der Waals surface area contributed by atoms with Gasteiger partial charge in [0, 0.05) is 47.7 Å². The minimum Gasteiger partial charge on any atom is -0.497 e. The molecule has 0 amide bonds. The number of benzene rings is 2. The number of aromatic nitrogens is 1. The minimum absolute atomic E-state index is 0.808. The van der Waals surface area contributed by atoms with Gasteiger partial charge in [0.2, 0.25) is 0 Å². The number of hydrogen-bond acceptors (Lipinski definition) is 2. The van der Waals surface area contributed by atoms with Gasteiger partial charge in [-0.15, -0.1) is 0 Å². The van der Waals surface area contributed by atoms with Crippen LogP contribution in [0.25, 0.3) is 10.9 Å². The molecule has 1 N–H and O–H groups in total. The van der Waals surface area contributed by atoms with Crippen LogP contribution < -0.4 is 10.1 Å². The molecule has 3 aromatic rings. The smallest absolute Gasteiger partial charge is 0.118 e. The largest absolute Gasteiger partial charge is 0.497 e. The van der Waals surface area contributed by atoms with E-state index in [4.69, 9.17) is 16.3 Å². The van der Waals surface area contributed by atoms with E-state index in [2.05, 4.69) is 34.1 Å². The second-order valence-electron chi connectivity index (χ2n) is 6.26. The maximum Gasteiger partial charge on any atom is 0.118 e. The van der Waals surface area contributed by atoms with Gasteiger partial charge in [0.1, 0.15) is 5.75 Å². The number of fused-ring (bicyclic) bond motifs is 3. The zero-order valence-corrected chi connectivity index (χ0v) is 14.6. The van der Waals surface area contributed by atoms with Crippen molar-refractivity contribution < 1.29 is 4.74 Å². The van der Waals surface area contributed by atoms with Crippen LogP contribution in [-0.2, 0) is 25.9 Å². The van der Waals surface area contributed by atoms with Gasteiger partial charge in [-0.05, 0) is 47.9 Å². The molecular formula is C20H21ClN2O. The monoisotopic (exact) mass is 340 g/mol. The number of rotatable bonds is 4. The number of hydrogen-bond donors (Lipinski definition) is 1. The van der Waals surface area contributed by atoms with Gasteiger partial charge < -0.3 is 14.6 Å². The number of halogens is 1. The quantitative estimate of drug-likeness (QED) is 0.770. The van der Waals surface area contributed by atoms with Crippen molar-refractivity contribution in [2.75, 3.05) is 13.7 Å². The van der Waals surface area contributed by atoms with Crippen molar-refractivity contribution in [3.8, 4) is 5.75 Å². The third kappa shape index (κ3) is 2.79. The van der Waals surface area contributed by atoms with E-state index in [1.54, 1.807) is 7.11 Å². The molecular weight excluding hydrogens is 320 g/mol. The summed E-state index contributed by atoms with van der Waals surface area (Å²) in [6.07, 6.45) is 2.08. The third-order valence-corrected chi connectivity index (χ3v) is 5.11. The van der Waals surface area contributed by atoms with Gasteiger partial charge in [-0.3, -0.25) is 0 Å². The molecule has 0 saturated heterocycles. The van der Waals surface area contributed by atoms with E-state index in [-0.39, 0.29) is 0 Å². The lowest BCUT2D eigenvalue weighted by molar-refractivity contribution is 0.414. The van der Waals surface area contributed by atoms with Gasteiger partial charge in [-0.2, -0.15) is 0 Å². The SMILES string of the molecule is COc1ccc(CCn2c3c(c4cc(Cl)ccc42)CNCC3)cc1. The summed E-state index contributed by atoms with van der Waals surface area (Å²) in [5.41, 5.74) is 5.49. The van der Waals surface area contributed by atoms with Crippen LogP contribution in [0.2, 0.25) is 5.02 Å². The van der Waals surface area contributed by atoms with Crippen LogP contribution in [0.15, 0.2) is 42.5 Å². The van der Waals surface area contributed by atoms with Crippen LogP contribution in [-0.4, -0.2) is 18.2 Å². The Morgan fingerprint density at radius 2 is 2.00 bits per heavy atom. The van der Waals surface area contributed by atoms with Crippen molar-refractivity contribution in [2.45, 2.75) is 25.9 Å². The second kappa shape index (κ2) is 6.50. The highest BCUT2D eigenvalue weighted by molar-refractivity contribution is 6.31. The average molecular weight is 341 g/mol.